The van der Waals surface area contributed by atoms with E-state index in [-0.39, 0.29) is 6.03 Å². The van der Waals surface area contributed by atoms with E-state index in [0.717, 1.165) is 12.8 Å². The molecule has 3 nitrogen and oxygen atoms in total. The van der Waals surface area contributed by atoms with Crippen molar-refractivity contribution in [2.75, 3.05) is 6.54 Å². The summed E-state index contributed by atoms with van der Waals surface area (Å²) in [6.07, 6.45) is 7.24. The quantitative estimate of drug-likeness (QED) is 0.604. The molecule has 1 fully saturated rings. The van der Waals surface area contributed by atoms with E-state index in [2.05, 4.69) is 25.1 Å². The molecule has 0 spiro atoms. The minimum atomic E-state index is -0.0320. The molecular weight excluding hydrogens is 164 g/mol. The third kappa shape index (κ3) is 2.15. The van der Waals surface area contributed by atoms with Crippen LogP contribution in [0.5, 0.6) is 0 Å². The lowest BCUT2D eigenvalue weighted by Crippen LogP contribution is -2.45. The zero-order valence-electron chi connectivity index (χ0n) is 8.21. The maximum atomic E-state index is 11.5. The zero-order valence-corrected chi connectivity index (χ0v) is 8.21. The molecule has 72 valence electrons. The summed E-state index contributed by atoms with van der Waals surface area (Å²) in [6.45, 7) is 4.45. The Morgan fingerprint density at radius 2 is 2.08 bits per heavy atom. The number of hydrogen-bond acceptors (Lipinski definition) is 1. The molecule has 0 aromatic rings. The first kappa shape index (κ1) is 9.91. The summed E-state index contributed by atoms with van der Waals surface area (Å²) in [5.41, 5.74) is 0. The number of nitrogens with one attached hydrogen (secondary N) is 1. The Morgan fingerprint density at radius 3 is 2.54 bits per heavy atom. The van der Waals surface area contributed by atoms with E-state index < -0.39 is 0 Å². The number of likely N-dealkylation sites (tertiary alicyclic amines) is 1. The van der Waals surface area contributed by atoms with Gasteiger partial charge in [-0.1, -0.05) is 5.92 Å². The smallest absolute Gasteiger partial charge is 0.318 e. The third-order valence-corrected chi connectivity index (χ3v) is 2.53. The molecule has 0 aromatic heterocycles. The van der Waals surface area contributed by atoms with Gasteiger partial charge in [0.25, 0.3) is 0 Å². The summed E-state index contributed by atoms with van der Waals surface area (Å²) in [7, 11) is 0. The summed E-state index contributed by atoms with van der Waals surface area (Å²) in [5, 5.41) is 2.69. The van der Waals surface area contributed by atoms with Crippen LogP contribution in [0.15, 0.2) is 0 Å². The van der Waals surface area contributed by atoms with Gasteiger partial charge in [0.2, 0.25) is 0 Å². The monoisotopic (exact) mass is 180 g/mol. The molecule has 0 bridgehead atoms. The van der Waals surface area contributed by atoms with Crippen LogP contribution in [0.1, 0.15) is 26.7 Å². The molecule has 0 aliphatic carbocycles. The van der Waals surface area contributed by atoms with Gasteiger partial charge in [-0.3, -0.25) is 0 Å². The van der Waals surface area contributed by atoms with Crippen molar-refractivity contribution >= 4 is 6.03 Å². The second-order valence-corrected chi connectivity index (χ2v) is 3.55. The van der Waals surface area contributed by atoms with Crippen LogP contribution in [0.3, 0.4) is 0 Å². The van der Waals surface area contributed by atoms with Crippen molar-refractivity contribution in [2.45, 2.75) is 38.8 Å². The van der Waals surface area contributed by atoms with E-state index in [1.54, 1.807) is 0 Å². The summed E-state index contributed by atoms with van der Waals surface area (Å²) in [4.78, 5) is 13.4. The first-order valence-electron chi connectivity index (χ1n) is 4.66. The molecule has 0 saturated carbocycles. The average molecular weight is 180 g/mol. The molecule has 1 N–H and O–H groups in total. The average Bonchev–Trinajstić information content (AvgIpc) is 2.42. The van der Waals surface area contributed by atoms with Gasteiger partial charge in [0.1, 0.15) is 0 Å². The molecule has 2 unspecified atom stereocenters. The fraction of sp³-hybridized carbons (Fsp3) is 0.700. The summed E-state index contributed by atoms with van der Waals surface area (Å²) >= 11 is 0. The molecule has 2 amide bonds. The highest BCUT2D eigenvalue weighted by atomic mass is 16.2. The number of terminal acetylenes is 1. The van der Waals surface area contributed by atoms with Crippen molar-refractivity contribution in [2.24, 2.45) is 0 Å². The van der Waals surface area contributed by atoms with Gasteiger partial charge in [0.15, 0.2) is 0 Å². The Kier molecular flexibility index (Phi) is 3.18. The summed E-state index contributed by atoms with van der Waals surface area (Å²) in [6, 6.07) is 0.649. The molecule has 1 heterocycles. The van der Waals surface area contributed by atoms with Crippen molar-refractivity contribution in [1.82, 2.24) is 10.2 Å². The number of carbonyl (C=O) groups is 1. The maximum Gasteiger partial charge on any atom is 0.318 e. The van der Waals surface area contributed by atoms with Gasteiger partial charge in [0.05, 0.1) is 6.54 Å². The Labute approximate surface area is 79.5 Å². The minimum absolute atomic E-state index is 0.0320. The van der Waals surface area contributed by atoms with Gasteiger partial charge in [-0.2, -0.15) is 0 Å². The van der Waals surface area contributed by atoms with Crippen molar-refractivity contribution in [3.05, 3.63) is 0 Å². The highest BCUT2D eigenvalue weighted by Crippen LogP contribution is 2.22. The van der Waals surface area contributed by atoms with Gasteiger partial charge in [0, 0.05) is 12.1 Å². The number of rotatable bonds is 1. The van der Waals surface area contributed by atoms with Crippen molar-refractivity contribution in [1.29, 1.82) is 0 Å². The molecule has 1 aliphatic heterocycles. The van der Waals surface area contributed by atoms with Crippen molar-refractivity contribution in [3.63, 3.8) is 0 Å². The van der Waals surface area contributed by atoms with Gasteiger partial charge in [-0.25, -0.2) is 4.79 Å². The van der Waals surface area contributed by atoms with E-state index in [1.165, 1.54) is 0 Å². The topological polar surface area (TPSA) is 32.3 Å². The van der Waals surface area contributed by atoms with Gasteiger partial charge >= 0.3 is 6.03 Å². The SMILES string of the molecule is C#CCNC(=O)N1C(C)CCC1C. The van der Waals surface area contributed by atoms with E-state index in [9.17, 15) is 4.79 Å². The van der Waals surface area contributed by atoms with E-state index >= 15 is 0 Å². The fourth-order valence-electron chi connectivity index (χ4n) is 1.81. The predicted molar refractivity (Wildman–Crippen MR) is 52.2 cm³/mol. The molecule has 0 radical (unpaired) electrons. The first-order chi connectivity index (χ1) is 6.16. The molecule has 0 aromatic carbocycles. The van der Waals surface area contributed by atoms with Gasteiger partial charge in [-0.05, 0) is 26.7 Å². The molecular formula is C10H16N2O. The highest BCUT2D eigenvalue weighted by molar-refractivity contribution is 5.75. The molecule has 3 heteroatoms. The van der Waals surface area contributed by atoms with Gasteiger partial charge < -0.3 is 10.2 Å². The summed E-state index contributed by atoms with van der Waals surface area (Å²) in [5.74, 6) is 2.39. The number of carbonyl (C=O) groups excluding carboxylic acids is 1. The van der Waals surface area contributed by atoms with E-state index in [4.69, 9.17) is 6.42 Å². The fourth-order valence-corrected chi connectivity index (χ4v) is 1.81. The highest BCUT2D eigenvalue weighted by Gasteiger charge is 2.30. The molecule has 1 saturated heterocycles. The lowest BCUT2D eigenvalue weighted by molar-refractivity contribution is 0.181. The van der Waals surface area contributed by atoms with Gasteiger partial charge in [-0.15, -0.1) is 6.42 Å². The molecule has 1 rings (SSSR count). The van der Waals surface area contributed by atoms with Crippen LogP contribution in [0.4, 0.5) is 4.79 Å². The Hall–Kier alpha value is -1.17. The van der Waals surface area contributed by atoms with Crippen molar-refractivity contribution in [3.8, 4) is 12.3 Å². The number of nitrogens with zero attached hydrogens (tertiary/aromatic N) is 1. The minimum Gasteiger partial charge on any atom is -0.327 e. The number of urea groups is 1. The maximum absolute atomic E-state index is 11.5. The Morgan fingerprint density at radius 1 is 1.54 bits per heavy atom. The van der Waals surface area contributed by atoms with E-state index in [1.807, 2.05) is 4.90 Å². The second-order valence-electron chi connectivity index (χ2n) is 3.55. The van der Waals surface area contributed by atoms with Crippen LogP contribution in [0, 0.1) is 12.3 Å². The van der Waals surface area contributed by atoms with E-state index in [0.29, 0.717) is 18.6 Å². The molecule has 13 heavy (non-hydrogen) atoms. The van der Waals surface area contributed by atoms with Crippen molar-refractivity contribution < 1.29 is 4.79 Å². The first-order valence-corrected chi connectivity index (χ1v) is 4.66. The second kappa shape index (κ2) is 4.18. The Bertz CT molecular complexity index is 222. The van der Waals surface area contributed by atoms with Crippen LogP contribution in [0.2, 0.25) is 0 Å². The van der Waals surface area contributed by atoms with Crippen LogP contribution in [0.25, 0.3) is 0 Å². The van der Waals surface area contributed by atoms with Crippen LogP contribution in [-0.2, 0) is 0 Å². The number of amides is 2. The normalized spacial score (nSPS) is 27.0. The largest absolute Gasteiger partial charge is 0.327 e. The summed E-state index contributed by atoms with van der Waals surface area (Å²) < 4.78 is 0. The number of hydrogen-bond donors (Lipinski definition) is 1. The lowest BCUT2D eigenvalue weighted by atomic mass is 10.2. The Balaban J connectivity index is 2.50. The van der Waals surface area contributed by atoms with Crippen LogP contribution >= 0.6 is 0 Å². The van der Waals surface area contributed by atoms with Crippen LogP contribution < -0.4 is 5.32 Å². The molecule has 1 aliphatic rings. The third-order valence-electron chi connectivity index (χ3n) is 2.53. The van der Waals surface area contributed by atoms with Crippen LogP contribution in [-0.4, -0.2) is 29.6 Å². The zero-order chi connectivity index (χ0) is 9.84. The standard InChI is InChI=1S/C10H16N2O/c1-4-7-11-10(13)12-8(2)5-6-9(12)3/h1,8-9H,5-7H2,2-3H3,(H,11,13). The predicted octanol–water partition coefficient (Wildman–Crippen LogP) is 1.20. The lowest BCUT2D eigenvalue weighted by Gasteiger charge is -2.25. The molecule has 2 atom stereocenters.